The maximum Gasteiger partial charge on any atom is 0.159 e. The maximum atomic E-state index is 11.9. The van der Waals surface area contributed by atoms with Crippen molar-refractivity contribution in [3.05, 3.63) is 89.7 Å². The molecular formula is C24H22N2O3. The molecule has 0 aliphatic carbocycles. The third kappa shape index (κ3) is 3.99. The molecule has 4 rings (SSSR count). The number of rotatable bonds is 7. The van der Waals surface area contributed by atoms with Crippen molar-refractivity contribution >= 4 is 16.8 Å². The first kappa shape index (κ1) is 18.7. The minimum atomic E-state index is 0.0250. The number of fused-ring (bicyclic) bond motifs is 1. The van der Waals surface area contributed by atoms with Crippen LogP contribution in [0.15, 0.2) is 72.8 Å². The van der Waals surface area contributed by atoms with E-state index in [-0.39, 0.29) is 5.78 Å². The zero-order valence-corrected chi connectivity index (χ0v) is 16.5. The molecule has 0 spiro atoms. The Morgan fingerprint density at radius 2 is 1.76 bits per heavy atom. The lowest BCUT2D eigenvalue weighted by Crippen LogP contribution is -2.10. The third-order valence-corrected chi connectivity index (χ3v) is 4.86. The van der Waals surface area contributed by atoms with Gasteiger partial charge in [-0.3, -0.25) is 4.79 Å². The van der Waals surface area contributed by atoms with E-state index in [0.29, 0.717) is 18.7 Å². The van der Waals surface area contributed by atoms with Gasteiger partial charge in [-0.15, -0.1) is 0 Å². The van der Waals surface area contributed by atoms with Crippen molar-refractivity contribution in [2.75, 3.05) is 7.11 Å². The van der Waals surface area contributed by atoms with E-state index in [1.165, 1.54) is 0 Å². The standard InChI is InChI=1S/C24H22N2O3/c1-17(27)18-12-13-23(28-2)19(14-18)15-26-22-11-7-6-10-21(22)25-24(26)16-29-20-8-4-3-5-9-20/h3-14H,15-16H2,1-2H3. The smallest absolute Gasteiger partial charge is 0.159 e. The normalized spacial score (nSPS) is 10.8. The van der Waals surface area contributed by atoms with E-state index in [2.05, 4.69) is 4.57 Å². The number of aromatic nitrogens is 2. The lowest BCUT2D eigenvalue weighted by Gasteiger charge is -2.14. The Bertz CT molecular complexity index is 1150. The second-order valence-corrected chi connectivity index (χ2v) is 6.79. The van der Waals surface area contributed by atoms with Crippen LogP contribution in [0.2, 0.25) is 0 Å². The fraction of sp³-hybridized carbons (Fsp3) is 0.167. The number of hydrogen-bond acceptors (Lipinski definition) is 4. The van der Waals surface area contributed by atoms with Crippen molar-refractivity contribution in [2.45, 2.75) is 20.1 Å². The highest BCUT2D eigenvalue weighted by Crippen LogP contribution is 2.25. The number of ketones is 1. The van der Waals surface area contributed by atoms with Crippen molar-refractivity contribution in [1.29, 1.82) is 0 Å². The molecule has 1 heterocycles. The van der Waals surface area contributed by atoms with Crippen LogP contribution in [0.25, 0.3) is 11.0 Å². The molecule has 5 nitrogen and oxygen atoms in total. The molecule has 0 N–H and O–H groups in total. The molecule has 0 saturated heterocycles. The van der Waals surface area contributed by atoms with Crippen LogP contribution in [0.5, 0.6) is 11.5 Å². The number of ether oxygens (including phenoxy) is 2. The number of imidazole rings is 1. The monoisotopic (exact) mass is 386 g/mol. The van der Waals surface area contributed by atoms with Gasteiger partial charge in [-0.25, -0.2) is 4.98 Å². The summed E-state index contributed by atoms with van der Waals surface area (Å²) in [7, 11) is 1.64. The zero-order valence-electron chi connectivity index (χ0n) is 16.5. The SMILES string of the molecule is COc1ccc(C(C)=O)cc1Cn1c(COc2ccccc2)nc2ccccc21. The van der Waals surface area contributed by atoms with Gasteiger partial charge >= 0.3 is 0 Å². The molecule has 0 unspecified atom stereocenters. The van der Waals surface area contributed by atoms with Gasteiger partial charge < -0.3 is 14.0 Å². The summed E-state index contributed by atoms with van der Waals surface area (Å²) in [6, 6.07) is 23.2. The lowest BCUT2D eigenvalue weighted by atomic mass is 10.1. The average molecular weight is 386 g/mol. The van der Waals surface area contributed by atoms with Gasteiger partial charge in [-0.05, 0) is 49.4 Å². The molecule has 3 aromatic carbocycles. The van der Waals surface area contributed by atoms with Gasteiger partial charge in [0, 0.05) is 11.1 Å². The first-order chi connectivity index (χ1) is 14.2. The molecule has 0 radical (unpaired) electrons. The minimum absolute atomic E-state index is 0.0250. The van der Waals surface area contributed by atoms with Crippen molar-refractivity contribution < 1.29 is 14.3 Å². The second kappa shape index (κ2) is 8.19. The summed E-state index contributed by atoms with van der Waals surface area (Å²) in [4.78, 5) is 16.6. The van der Waals surface area contributed by atoms with E-state index in [0.717, 1.165) is 33.9 Å². The van der Waals surface area contributed by atoms with Gasteiger partial charge in [0.2, 0.25) is 0 Å². The fourth-order valence-corrected chi connectivity index (χ4v) is 3.37. The predicted molar refractivity (Wildman–Crippen MR) is 113 cm³/mol. The highest BCUT2D eigenvalue weighted by atomic mass is 16.5. The van der Waals surface area contributed by atoms with Gasteiger partial charge in [0.1, 0.15) is 23.9 Å². The molecule has 0 saturated carbocycles. The summed E-state index contributed by atoms with van der Waals surface area (Å²) in [5.41, 5.74) is 3.49. The van der Waals surface area contributed by atoms with Crippen LogP contribution in [0.3, 0.4) is 0 Å². The van der Waals surface area contributed by atoms with Crippen LogP contribution in [0, 0.1) is 0 Å². The summed E-state index contributed by atoms with van der Waals surface area (Å²) >= 11 is 0. The Balaban J connectivity index is 1.73. The molecule has 0 atom stereocenters. The Morgan fingerprint density at radius 3 is 2.52 bits per heavy atom. The first-order valence-corrected chi connectivity index (χ1v) is 9.45. The van der Waals surface area contributed by atoms with Crippen LogP contribution < -0.4 is 9.47 Å². The molecule has 0 aliphatic rings. The highest BCUT2D eigenvalue weighted by Gasteiger charge is 2.15. The number of carbonyl (C=O) groups excluding carboxylic acids is 1. The Labute approximate surface area is 169 Å². The number of nitrogens with zero attached hydrogens (tertiary/aromatic N) is 2. The van der Waals surface area contributed by atoms with Gasteiger partial charge in [0.15, 0.2) is 5.78 Å². The summed E-state index contributed by atoms with van der Waals surface area (Å²) in [5.74, 6) is 2.37. The average Bonchev–Trinajstić information content (AvgIpc) is 3.10. The summed E-state index contributed by atoms with van der Waals surface area (Å²) in [6.07, 6.45) is 0. The van der Waals surface area contributed by atoms with Crippen LogP contribution in [-0.4, -0.2) is 22.4 Å². The fourth-order valence-electron chi connectivity index (χ4n) is 3.37. The number of methoxy groups -OCH3 is 1. The Hall–Kier alpha value is -3.60. The molecule has 146 valence electrons. The third-order valence-electron chi connectivity index (χ3n) is 4.86. The van der Waals surface area contributed by atoms with Gasteiger partial charge in [0.25, 0.3) is 0 Å². The largest absolute Gasteiger partial charge is 0.496 e. The van der Waals surface area contributed by atoms with Gasteiger partial charge in [-0.1, -0.05) is 30.3 Å². The van der Waals surface area contributed by atoms with Crippen LogP contribution >= 0.6 is 0 Å². The summed E-state index contributed by atoms with van der Waals surface area (Å²) < 4.78 is 13.6. The topological polar surface area (TPSA) is 53.4 Å². The highest BCUT2D eigenvalue weighted by molar-refractivity contribution is 5.94. The zero-order chi connectivity index (χ0) is 20.2. The van der Waals surface area contributed by atoms with Gasteiger partial charge in [-0.2, -0.15) is 0 Å². The molecule has 0 fully saturated rings. The van der Waals surface area contributed by atoms with Gasteiger partial charge in [0.05, 0.1) is 24.7 Å². The predicted octanol–water partition coefficient (Wildman–Crippen LogP) is 4.87. The van der Waals surface area contributed by atoms with E-state index in [1.807, 2.05) is 66.7 Å². The summed E-state index contributed by atoms with van der Waals surface area (Å²) in [5, 5.41) is 0. The van der Waals surface area contributed by atoms with E-state index >= 15 is 0 Å². The van der Waals surface area contributed by atoms with Crippen molar-refractivity contribution in [3.63, 3.8) is 0 Å². The van der Waals surface area contributed by atoms with E-state index < -0.39 is 0 Å². The van der Waals surface area contributed by atoms with Crippen LogP contribution in [-0.2, 0) is 13.2 Å². The van der Waals surface area contributed by atoms with E-state index in [1.54, 1.807) is 20.1 Å². The Morgan fingerprint density at radius 1 is 1.00 bits per heavy atom. The van der Waals surface area contributed by atoms with Crippen molar-refractivity contribution in [2.24, 2.45) is 0 Å². The molecule has 1 aromatic heterocycles. The molecular weight excluding hydrogens is 364 g/mol. The maximum absolute atomic E-state index is 11.9. The molecule has 0 bridgehead atoms. The minimum Gasteiger partial charge on any atom is -0.496 e. The molecule has 0 aliphatic heterocycles. The molecule has 0 amide bonds. The number of para-hydroxylation sites is 3. The number of benzene rings is 3. The Kier molecular flexibility index (Phi) is 5.29. The van der Waals surface area contributed by atoms with Crippen molar-refractivity contribution in [1.82, 2.24) is 9.55 Å². The number of carbonyl (C=O) groups is 1. The number of Topliss-reactive ketones (excluding diaryl/α,β-unsaturated/α-hetero) is 1. The number of hydrogen-bond donors (Lipinski definition) is 0. The van der Waals surface area contributed by atoms with Crippen molar-refractivity contribution in [3.8, 4) is 11.5 Å². The quantitative estimate of drug-likeness (QED) is 0.425. The van der Waals surface area contributed by atoms with Crippen LogP contribution in [0.1, 0.15) is 28.7 Å². The second-order valence-electron chi connectivity index (χ2n) is 6.79. The van der Waals surface area contributed by atoms with Crippen LogP contribution in [0.4, 0.5) is 0 Å². The molecule has 5 heteroatoms. The molecule has 4 aromatic rings. The lowest BCUT2D eigenvalue weighted by molar-refractivity contribution is 0.101. The van der Waals surface area contributed by atoms with E-state index in [9.17, 15) is 4.79 Å². The molecule has 29 heavy (non-hydrogen) atoms. The first-order valence-electron chi connectivity index (χ1n) is 9.45. The van der Waals surface area contributed by atoms with E-state index in [4.69, 9.17) is 14.5 Å². The summed E-state index contributed by atoms with van der Waals surface area (Å²) in [6.45, 7) is 2.43.